The standard InChI is InChI=1S/C23H20N4O3S/c1-14(28)16-4-3-5-17(10-16)27-20(29)12-31-23-22-21(25-13-26-23)19(11-24-22)15-6-8-18(30-2)9-7-15/h3-11,13,24H,12H2,1-2H3,(H,27,29). The number of benzene rings is 2. The van der Waals surface area contributed by atoms with Crippen LogP contribution in [0, 0.1) is 0 Å². The number of nitrogens with zero attached hydrogens (tertiary/aromatic N) is 2. The van der Waals surface area contributed by atoms with E-state index in [2.05, 4.69) is 20.3 Å². The average Bonchev–Trinajstić information content (AvgIpc) is 3.22. The molecule has 0 atom stereocenters. The Bertz CT molecular complexity index is 1250. The van der Waals surface area contributed by atoms with Crippen molar-refractivity contribution in [1.82, 2.24) is 15.0 Å². The molecule has 0 unspecified atom stereocenters. The van der Waals surface area contributed by atoms with Crippen molar-refractivity contribution >= 4 is 40.2 Å². The minimum absolute atomic E-state index is 0.0479. The molecule has 0 aliphatic heterocycles. The Hall–Kier alpha value is -3.65. The molecule has 0 saturated heterocycles. The average molecular weight is 433 g/mol. The van der Waals surface area contributed by atoms with Gasteiger partial charge in [0.1, 0.15) is 22.6 Å². The molecule has 7 nitrogen and oxygen atoms in total. The highest BCUT2D eigenvalue weighted by atomic mass is 32.2. The van der Waals surface area contributed by atoms with E-state index < -0.39 is 0 Å². The molecule has 2 heterocycles. The number of H-pyrrole nitrogens is 1. The third kappa shape index (κ3) is 4.59. The third-order valence-electron chi connectivity index (χ3n) is 4.72. The van der Waals surface area contributed by atoms with Crippen LogP contribution in [0.2, 0.25) is 0 Å². The molecule has 0 saturated carbocycles. The predicted molar refractivity (Wildman–Crippen MR) is 122 cm³/mol. The molecule has 0 spiro atoms. The van der Waals surface area contributed by atoms with E-state index in [1.165, 1.54) is 25.0 Å². The van der Waals surface area contributed by atoms with Gasteiger partial charge in [0, 0.05) is 23.0 Å². The van der Waals surface area contributed by atoms with E-state index in [-0.39, 0.29) is 17.4 Å². The van der Waals surface area contributed by atoms with Crippen LogP contribution in [0.15, 0.2) is 66.1 Å². The number of hydrogen-bond acceptors (Lipinski definition) is 6. The topological polar surface area (TPSA) is 97.0 Å². The van der Waals surface area contributed by atoms with Gasteiger partial charge in [0.05, 0.1) is 18.4 Å². The van der Waals surface area contributed by atoms with Gasteiger partial charge >= 0.3 is 0 Å². The monoisotopic (exact) mass is 432 g/mol. The first kappa shape index (κ1) is 20.6. The van der Waals surface area contributed by atoms with Crippen LogP contribution in [-0.2, 0) is 4.79 Å². The summed E-state index contributed by atoms with van der Waals surface area (Å²) in [7, 11) is 1.63. The summed E-state index contributed by atoms with van der Waals surface area (Å²) in [5.41, 5.74) is 4.67. The lowest BCUT2D eigenvalue weighted by Crippen LogP contribution is -2.14. The highest BCUT2D eigenvalue weighted by molar-refractivity contribution is 8.00. The fourth-order valence-electron chi connectivity index (χ4n) is 3.16. The first-order valence-corrected chi connectivity index (χ1v) is 10.5. The van der Waals surface area contributed by atoms with E-state index in [4.69, 9.17) is 4.74 Å². The number of methoxy groups -OCH3 is 1. The molecular weight excluding hydrogens is 412 g/mol. The second-order valence-corrected chi connectivity index (χ2v) is 7.77. The number of aromatic amines is 1. The Labute approximate surface area is 183 Å². The predicted octanol–water partition coefficient (Wildman–Crippen LogP) is 4.57. The van der Waals surface area contributed by atoms with Crippen molar-refractivity contribution in [3.05, 3.63) is 66.6 Å². The maximum absolute atomic E-state index is 12.4. The molecule has 2 aromatic carbocycles. The number of nitrogens with one attached hydrogen (secondary N) is 2. The zero-order chi connectivity index (χ0) is 21.8. The summed E-state index contributed by atoms with van der Waals surface area (Å²) in [5, 5.41) is 3.51. The molecular formula is C23H20N4O3S. The van der Waals surface area contributed by atoms with Crippen LogP contribution in [0.5, 0.6) is 5.75 Å². The van der Waals surface area contributed by atoms with Crippen LogP contribution in [0.3, 0.4) is 0 Å². The van der Waals surface area contributed by atoms with E-state index in [9.17, 15) is 9.59 Å². The molecule has 0 fully saturated rings. The van der Waals surface area contributed by atoms with Crippen LogP contribution in [0.25, 0.3) is 22.2 Å². The number of fused-ring (bicyclic) bond motifs is 1. The number of hydrogen-bond donors (Lipinski definition) is 2. The Morgan fingerprint density at radius 1 is 1.13 bits per heavy atom. The number of anilines is 1. The van der Waals surface area contributed by atoms with Crippen LogP contribution in [-0.4, -0.2) is 39.5 Å². The lowest BCUT2D eigenvalue weighted by Gasteiger charge is -2.07. The van der Waals surface area contributed by atoms with Crippen molar-refractivity contribution in [3.8, 4) is 16.9 Å². The summed E-state index contributed by atoms with van der Waals surface area (Å²) in [6.45, 7) is 1.49. The van der Waals surface area contributed by atoms with Crippen molar-refractivity contribution < 1.29 is 14.3 Å². The number of thioether (sulfide) groups is 1. The molecule has 0 aliphatic carbocycles. The largest absolute Gasteiger partial charge is 0.497 e. The molecule has 31 heavy (non-hydrogen) atoms. The minimum atomic E-state index is -0.181. The lowest BCUT2D eigenvalue weighted by atomic mass is 10.1. The van der Waals surface area contributed by atoms with E-state index in [0.29, 0.717) is 16.3 Å². The number of ketones is 1. The summed E-state index contributed by atoms with van der Waals surface area (Å²) < 4.78 is 5.22. The molecule has 0 radical (unpaired) electrons. The molecule has 0 bridgehead atoms. The Kier molecular flexibility index (Phi) is 5.99. The second-order valence-electron chi connectivity index (χ2n) is 6.81. The SMILES string of the molecule is COc1ccc(-c2c[nH]c3c(SCC(=O)Nc4cccc(C(C)=O)c4)ncnc23)cc1. The lowest BCUT2D eigenvalue weighted by molar-refractivity contribution is -0.113. The van der Waals surface area contributed by atoms with Gasteiger partial charge in [-0.25, -0.2) is 9.97 Å². The van der Waals surface area contributed by atoms with Crippen LogP contribution >= 0.6 is 11.8 Å². The first-order chi connectivity index (χ1) is 15.0. The highest BCUT2D eigenvalue weighted by Crippen LogP contribution is 2.32. The van der Waals surface area contributed by atoms with Gasteiger partial charge in [0.25, 0.3) is 0 Å². The van der Waals surface area contributed by atoms with Gasteiger partial charge in [-0.15, -0.1) is 0 Å². The Morgan fingerprint density at radius 3 is 2.68 bits per heavy atom. The second kappa shape index (κ2) is 9.01. The van der Waals surface area contributed by atoms with Crippen molar-refractivity contribution in [2.75, 3.05) is 18.2 Å². The number of Topliss-reactive ketones (excluding diaryl/α,β-unsaturated/α-hetero) is 1. The quantitative estimate of drug-likeness (QED) is 0.252. The number of amides is 1. The van der Waals surface area contributed by atoms with Gasteiger partial charge in [-0.3, -0.25) is 9.59 Å². The van der Waals surface area contributed by atoms with Crippen LogP contribution < -0.4 is 10.1 Å². The summed E-state index contributed by atoms with van der Waals surface area (Å²) >= 11 is 1.32. The smallest absolute Gasteiger partial charge is 0.234 e. The number of aromatic nitrogens is 3. The van der Waals surface area contributed by atoms with Crippen molar-refractivity contribution in [1.29, 1.82) is 0 Å². The molecule has 2 aromatic heterocycles. The molecule has 4 rings (SSSR count). The zero-order valence-electron chi connectivity index (χ0n) is 17.0. The Morgan fingerprint density at radius 2 is 1.94 bits per heavy atom. The molecule has 4 aromatic rings. The molecule has 0 aliphatic rings. The maximum Gasteiger partial charge on any atom is 0.234 e. The number of rotatable bonds is 7. The molecule has 156 valence electrons. The summed E-state index contributed by atoms with van der Waals surface area (Å²) in [6.07, 6.45) is 3.39. The fourth-order valence-corrected chi connectivity index (χ4v) is 3.93. The summed E-state index contributed by atoms with van der Waals surface area (Å²) in [6, 6.07) is 14.6. The van der Waals surface area contributed by atoms with Gasteiger partial charge in [-0.1, -0.05) is 36.0 Å². The van der Waals surface area contributed by atoms with Gasteiger partial charge in [-0.05, 0) is 36.8 Å². The Balaban J connectivity index is 1.49. The number of carbonyl (C=O) groups is 2. The maximum atomic E-state index is 12.4. The van der Waals surface area contributed by atoms with Gasteiger partial charge in [-0.2, -0.15) is 0 Å². The van der Waals surface area contributed by atoms with Crippen LogP contribution in [0.1, 0.15) is 17.3 Å². The first-order valence-electron chi connectivity index (χ1n) is 9.55. The number of carbonyl (C=O) groups excluding carboxylic acids is 2. The van der Waals surface area contributed by atoms with E-state index >= 15 is 0 Å². The zero-order valence-corrected chi connectivity index (χ0v) is 17.8. The number of ether oxygens (including phenoxy) is 1. The molecule has 8 heteroatoms. The molecule has 1 amide bonds. The van der Waals surface area contributed by atoms with Crippen molar-refractivity contribution in [2.24, 2.45) is 0 Å². The minimum Gasteiger partial charge on any atom is -0.497 e. The van der Waals surface area contributed by atoms with E-state index in [1.807, 2.05) is 30.5 Å². The van der Waals surface area contributed by atoms with Crippen molar-refractivity contribution in [3.63, 3.8) is 0 Å². The van der Waals surface area contributed by atoms with Crippen LogP contribution in [0.4, 0.5) is 5.69 Å². The third-order valence-corrected chi connectivity index (χ3v) is 5.71. The van der Waals surface area contributed by atoms with E-state index in [0.717, 1.165) is 27.9 Å². The fraction of sp³-hybridized carbons (Fsp3) is 0.130. The molecule has 2 N–H and O–H groups in total. The van der Waals surface area contributed by atoms with Gasteiger partial charge in [0.15, 0.2) is 5.78 Å². The summed E-state index contributed by atoms with van der Waals surface area (Å²) in [5.74, 6) is 0.731. The van der Waals surface area contributed by atoms with Gasteiger partial charge < -0.3 is 15.0 Å². The summed E-state index contributed by atoms with van der Waals surface area (Å²) in [4.78, 5) is 35.9. The van der Waals surface area contributed by atoms with Gasteiger partial charge in [0.2, 0.25) is 5.91 Å². The van der Waals surface area contributed by atoms with Crippen molar-refractivity contribution in [2.45, 2.75) is 11.9 Å². The highest BCUT2D eigenvalue weighted by Gasteiger charge is 2.14. The van der Waals surface area contributed by atoms with E-state index in [1.54, 1.807) is 31.4 Å². The normalized spacial score (nSPS) is 10.8.